The average Bonchev–Trinajstić information content (AvgIpc) is 2.10. The Hall–Kier alpha value is -0.910. The van der Waals surface area contributed by atoms with E-state index in [0.717, 1.165) is 0 Å². The Morgan fingerprint density at radius 2 is 2.30 bits per heavy atom. The van der Waals surface area contributed by atoms with Crippen molar-refractivity contribution in [2.24, 2.45) is 4.99 Å². The number of aliphatic imine (C=N–C) groups is 1. The molecule has 0 spiro atoms. The number of halogens is 1. The number of amidine groups is 1. The molecule has 0 aromatic rings. The topological polar surface area (TPSA) is 69.6 Å². The molecule has 53 valence electrons. The van der Waals surface area contributed by atoms with Crippen molar-refractivity contribution >= 4 is 21.8 Å². The lowest BCUT2D eigenvalue weighted by molar-refractivity contribution is -0.426. The molecular formula is C4H3BrN3O2. The van der Waals surface area contributed by atoms with Crippen LogP contribution in [0.3, 0.4) is 0 Å². The lowest BCUT2D eigenvalue weighted by Gasteiger charge is -1.87. The maximum atomic E-state index is 10.1. The van der Waals surface area contributed by atoms with Crippen LogP contribution >= 0.6 is 15.9 Å². The van der Waals surface area contributed by atoms with Gasteiger partial charge >= 0.3 is 5.82 Å². The molecule has 0 aromatic carbocycles. The predicted molar refractivity (Wildman–Crippen MR) is 38.2 cm³/mol. The van der Waals surface area contributed by atoms with E-state index in [0.29, 0.717) is 5.84 Å². The van der Waals surface area contributed by atoms with Crippen LogP contribution in [0.5, 0.6) is 0 Å². The van der Waals surface area contributed by atoms with Crippen molar-refractivity contribution in [3.63, 3.8) is 0 Å². The second-order valence-electron chi connectivity index (χ2n) is 1.64. The fourth-order valence-electron chi connectivity index (χ4n) is 0.533. The SMILES string of the molecule is CC1=NC([N+](=O)[O-])=C(Br)[N]1. The minimum atomic E-state index is -0.579. The smallest absolute Gasteiger partial charge is 0.358 e. The maximum absolute atomic E-state index is 10.1. The molecule has 0 saturated carbocycles. The molecule has 0 atom stereocenters. The highest BCUT2D eigenvalue weighted by Crippen LogP contribution is 2.17. The Morgan fingerprint density at radius 1 is 1.70 bits per heavy atom. The van der Waals surface area contributed by atoms with Crippen LogP contribution < -0.4 is 5.32 Å². The highest BCUT2D eigenvalue weighted by atomic mass is 79.9. The van der Waals surface area contributed by atoms with Crippen LogP contribution in [0.15, 0.2) is 15.4 Å². The van der Waals surface area contributed by atoms with Crippen molar-refractivity contribution < 1.29 is 4.92 Å². The first-order valence-electron chi connectivity index (χ1n) is 2.42. The van der Waals surface area contributed by atoms with E-state index in [1.807, 2.05) is 0 Å². The summed E-state index contributed by atoms with van der Waals surface area (Å²) in [5.41, 5.74) is 0. The molecule has 1 aliphatic heterocycles. The lowest BCUT2D eigenvalue weighted by Crippen LogP contribution is -2.01. The molecule has 0 aliphatic carbocycles. The van der Waals surface area contributed by atoms with Crippen LogP contribution in [0.4, 0.5) is 0 Å². The first-order valence-corrected chi connectivity index (χ1v) is 3.22. The monoisotopic (exact) mass is 204 g/mol. The van der Waals surface area contributed by atoms with Crippen LogP contribution in [-0.2, 0) is 0 Å². The summed E-state index contributed by atoms with van der Waals surface area (Å²) < 4.78 is 0.190. The van der Waals surface area contributed by atoms with E-state index in [-0.39, 0.29) is 10.4 Å². The van der Waals surface area contributed by atoms with Gasteiger partial charge in [-0.2, -0.15) is 5.32 Å². The van der Waals surface area contributed by atoms with E-state index >= 15 is 0 Å². The molecule has 1 rings (SSSR count). The van der Waals surface area contributed by atoms with Gasteiger partial charge in [-0.15, -0.1) is 0 Å². The van der Waals surface area contributed by atoms with Crippen LogP contribution in [0.2, 0.25) is 0 Å². The van der Waals surface area contributed by atoms with Crippen LogP contribution in [-0.4, -0.2) is 10.8 Å². The molecule has 0 bridgehead atoms. The normalized spacial score (nSPS) is 16.8. The predicted octanol–water partition coefficient (Wildman–Crippen LogP) is 0.821. The van der Waals surface area contributed by atoms with Gasteiger partial charge in [-0.25, -0.2) is 0 Å². The molecule has 1 heterocycles. The Bertz CT molecular complexity index is 245. The van der Waals surface area contributed by atoms with E-state index < -0.39 is 4.92 Å². The summed E-state index contributed by atoms with van der Waals surface area (Å²) in [5, 5.41) is 13.8. The van der Waals surface area contributed by atoms with Crippen LogP contribution in [0.25, 0.3) is 0 Å². The summed E-state index contributed by atoms with van der Waals surface area (Å²) in [7, 11) is 0. The zero-order valence-electron chi connectivity index (χ0n) is 5.04. The highest BCUT2D eigenvalue weighted by molar-refractivity contribution is 9.11. The summed E-state index contributed by atoms with van der Waals surface area (Å²) >= 11 is 2.90. The maximum Gasteiger partial charge on any atom is 0.398 e. The van der Waals surface area contributed by atoms with Gasteiger partial charge in [0.15, 0.2) is 0 Å². The number of hydrogen-bond donors (Lipinski definition) is 0. The molecular weight excluding hydrogens is 202 g/mol. The molecule has 10 heavy (non-hydrogen) atoms. The number of nitrogens with zero attached hydrogens (tertiary/aromatic N) is 3. The van der Waals surface area contributed by atoms with Crippen molar-refractivity contribution in [1.29, 1.82) is 0 Å². The fourth-order valence-corrected chi connectivity index (χ4v) is 1.02. The van der Waals surface area contributed by atoms with Crippen molar-refractivity contribution in [3.05, 3.63) is 20.5 Å². The second-order valence-corrected chi connectivity index (χ2v) is 2.39. The minimum Gasteiger partial charge on any atom is -0.358 e. The van der Waals surface area contributed by atoms with Crippen molar-refractivity contribution in [3.8, 4) is 0 Å². The van der Waals surface area contributed by atoms with Crippen LogP contribution in [0, 0.1) is 10.1 Å². The van der Waals surface area contributed by atoms with Gasteiger partial charge in [0, 0.05) is 6.92 Å². The van der Waals surface area contributed by atoms with E-state index in [2.05, 4.69) is 26.2 Å². The van der Waals surface area contributed by atoms with Gasteiger partial charge < -0.3 is 10.1 Å². The third kappa shape index (κ3) is 1.15. The van der Waals surface area contributed by atoms with E-state index in [1.165, 1.54) is 0 Å². The van der Waals surface area contributed by atoms with Gasteiger partial charge in [0.25, 0.3) is 0 Å². The standard InChI is InChI=1S/C4H3BrN3O2/c1-2-6-3(5)4(7-2)8(9)10/h1H3. The molecule has 5 nitrogen and oxygen atoms in total. The molecule has 0 N–H and O–H groups in total. The summed E-state index contributed by atoms with van der Waals surface area (Å²) in [4.78, 5) is 13.1. The van der Waals surface area contributed by atoms with Gasteiger partial charge in [-0.3, -0.25) is 0 Å². The van der Waals surface area contributed by atoms with Gasteiger partial charge in [0.1, 0.15) is 0 Å². The molecule has 0 amide bonds. The molecule has 0 unspecified atom stereocenters. The summed E-state index contributed by atoms with van der Waals surface area (Å²) in [5.74, 6) is 0.177. The Morgan fingerprint density at radius 3 is 2.50 bits per heavy atom. The first kappa shape index (κ1) is 7.20. The Balaban J connectivity index is 2.93. The summed E-state index contributed by atoms with van der Waals surface area (Å²) in [6, 6.07) is 0. The molecule has 0 fully saturated rings. The summed E-state index contributed by atoms with van der Waals surface area (Å²) in [6.07, 6.45) is 0. The highest BCUT2D eigenvalue weighted by Gasteiger charge is 2.25. The zero-order valence-corrected chi connectivity index (χ0v) is 6.62. The fraction of sp³-hybridized carbons (Fsp3) is 0.250. The molecule has 0 aromatic heterocycles. The van der Waals surface area contributed by atoms with Gasteiger partial charge in [-0.05, 0) is 25.8 Å². The quantitative estimate of drug-likeness (QED) is 0.361. The lowest BCUT2D eigenvalue weighted by atomic mass is 10.7. The minimum absolute atomic E-state index is 0.190. The first-order chi connectivity index (χ1) is 4.61. The van der Waals surface area contributed by atoms with Gasteiger partial charge in [0.05, 0.1) is 0 Å². The van der Waals surface area contributed by atoms with Crippen molar-refractivity contribution in [2.75, 3.05) is 0 Å². The Labute approximate surface area is 65.1 Å². The Kier molecular flexibility index (Phi) is 1.71. The number of nitro groups is 1. The third-order valence-electron chi connectivity index (χ3n) is 0.885. The van der Waals surface area contributed by atoms with E-state index in [1.54, 1.807) is 6.92 Å². The number of rotatable bonds is 1. The zero-order chi connectivity index (χ0) is 7.72. The second kappa shape index (κ2) is 2.37. The molecule has 0 saturated heterocycles. The van der Waals surface area contributed by atoms with Crippen molar-refractivity contribution in [2.45, 2.75) is 6.92 Å². The number of hydrogen-bond acceptors (Lipinski definition) is 3. The summed E-state index contributed by atoms with van der Waals surface area (Å²) in [6.45, 7) is 1.60. The molecule has 1 aliphatic rings. The van der Waals surface area contributed by atoms with Gasteiger partial charge in [0.2, 0.25) is 10.4 Å². The van der Waals surface area contributed by atoms with E-state index in [4.69, 9.17) is 0 Å². The van der Waals surface area contributed by atoms with Crippen LogP contribution in [0.1, 0.15) is 6.92 Å². The molecule has 1 radical (unpaired) electrons. The largest absolute Gasteiger partial charge is 0.398 e. The van der Waals surface area contributed by atoms with E-state index in [9.17, 15) is 10.1 Å². The third-order valence-corrected chi connectivity index (χ3v) is 1.42. The average molecular weight is 205 g/mol. The van der Waals surface area contributed by atoms with Crippen molar-refractivity contribution in [1.82, 2.24) is 5.32 Å². The van der Waals surface area contributed by atoms with Gasteiger partial charge in [-0.1, -0.05) is 0 Å². The molecule has 6 heteroatoms.